The van der Waals surface area contributed by atoms with E-state index in [9.17, 15) is 9.59 Å². The fourth-order valence-electron chi connectivity index (χ4n) is 2.45. The maximum absolute atomic E-state index is 12.4. The molecule has 8 nitrogen and oxygen atoms in total. The van der Waals surface area contributed by atoms with Gasteiger partial charge in [-0.3, -0.25) is 9.59 Å². The first kappa shape index (κ1) is 16.1. The lowest BCUT2D eigenvalue weighted by Gasteiger charge is -2.18. The van der Waals surface area contributed by atoms with Crippen LogP contribution < -0.4 is 15.4 Å². The van der Waals surface area contributed by atoms with E-state index in [0.29, 0.717) is 27.8 Å². The monoisotopic (exact) mass is 369 g/mol. The van der Waals surface area contributed by atoms with E-state index in [1.54, 1.807) is 42.5 Å². The Hall–Kier alpha value is -3.39. The van der Waals surface area contributed by atoms with Crippen molar-refractivity contribution in [1.82, 2.24) is 15.0 Å². The molecule has 2 amide bonds. The predicted molar refractivity (Wildman–Crippen MR) is 94.9 cm³/mol. The summed E-state index contributed by atoms with van der Waals surface area (Å²) in [6.45, 7) is -0.0225. The van der Waals surface area contributed by atoms with Crippen LogP contribution in [0, 0.1) is 0 Å². The molecule has 0 atom stereocenters. The van der Waals surface area contributed by atoms with Crippen LogP contribution in [0.2, 0.25) is 5.02 Å². The summed E-state index contributed by atoms with van der Waals surface area (Å²) in [7, 11) is 0. The predicted octanol–water partition coefficient (Wildman–Crippen LogP) is 2.50. The third-order valence-electron chi connectivity index (χ3n) is 3.63. The van der Waals surface area contributed by atoms with Crippen LogP contribution in [0.3, 0.4) is 0 Å². The molecule has 130 valence electrons. The summed E-state index contributed by atoms with van der Waals surface area (Å²) >= 11 is 5.95. The number of benzene rings is 2. The van der Waals surface area contributed by atoms with Crippen molar-refractivity contribution in [2.75, 3.05) is 17.2 Å². The van der Waals surface area contributed by atoms with Gasteiger partial charge < -0.3 is 15.4 Å². The van der Waals surface area contributed by atoms with Gasteiger partial charge in [0.05, 0.1) is 17.6 Å². The number of nitrogens with one attached hydrogen (secondary N) is 2. The molecule has 0 fully saturated rings. The van der Waals surface area contributed by atoms with Gasteiger partial charge in [-0.15, -0.1) is 5.10 Å². The molecule has 9 heteroatoms. The molecule has 0 bridgehead atoms. The van der Waals surface area contributed by atoms with Crippen molar-refractivity contribution in [2.24, 2.45) is 0 Å². The molecule has 1 aliphatic rings. The molecule has 1 aromatic heterocycles. The second kappa shape index (κ2) is 6.49. The minimum atomic E-state index is -0.429. The van der Waals surface area contributed by atoms with E-state index in [0.717, 1.165) is 0 Å². The smallest absolute Gasteiger partial charge is 0.277 e. The highest BCUT2D eigenvalue weighted by Gasteiger charge is 2.17. The average molecular weight is 370 g/mol. The van der Waals surface area contributed by atoms with Crippen LogP contribution in [0.25, 0.3) is 5.69 Å². The zero-order valence-corrected chi connectivity index (χ0v) is 14.0. The number of carbonyl (C=O) groups excluding carboxylic acids is 2. The molecule has 1 aliphatic heterocycles. The van der Waals surface area contributed by atoms with Gasteiger partial charge in [0.1, 0.15) is 5.75 Å². The molecular weight excluding hydrogens is 358 g/mol. The van der Waals surface area contributed by atoms with Crippen LogP contribution in [-0.4, -0.2) is 33.4 Å². The Morgan fingerprint density at radius 1 is 1.27 bits per heavy atom. The molecule has 2 heterocycles. The minimum Gasteiger partial charge on any atom is -0.482 e. The summed E-state index contributed by atoms with van der Waals surface area (Å²) in [5.41, 5.74) is 1.78. The largest absolute Gasteiger partial charge is 0.482 e. The fourth-order valence-corrected chi connectivity index (χ4v) is 2.63. The lowest BCUT2D eigenvalue weighted by atomic mass is 10.2. The average Bonchev–Trinajstić information content (AvgIpc) is 3.12. The van der Waals surface area contributed by atoms with Gasteiger partial charge in [-0.25, -0.2) is 0 Å². The summed E-state index contributed by atoms with van der Waals surface area (Å²) in [6, 6.07) is 11.9. The summed E-state index contributed by atoms with van der Waals surface area (Å²) < 4.78 is 5.28. The standard InChI is InChI=1S/C17H12ClN5O3/c18-10-2-1-3-12(6-10)23-19-8-14(22-23)17(25)20-11-4-5-15-13(7-11)21-16(24)9-26-15/h1-8H,9H2,(H,20,25)(H,21,24). The third kappa shape index (κ3) is 3.22. The quantitative estimate of drug-likeness (QED) is 0.739. The van der Waals surface area contributed by atoms with Crippen molar-refractivity contribution in [2.45, 2.75) is 0 Å². The lowest BCUT2D eigenvalue weighted by Crippen LogP contribution is -2.25. The number of rotatable bonds is 3. The van der Waals surface area contributed by atoms with Crippen LogP contribution in [0.15, 0.2) is 48.7 Å². The summed E-state index contributed by atoms with van der Waals surface area (Å²) in [4.78, 5) is 25.1. The molecule has 0 radical (unpaired) electrons. The van der Waals surface area contributed by atoms with Crippen LogP contribution >= 0.6 is 11.6 Å². The molecule has 2 N–H and O–H groups in total. The molecule has 0 spiro atoms. The van der Waals surface area contributed by atoms with Crippen LogP contribution in [0.4, 0.5) is 11.4 Å². The summed E-state index contributed by atoms with van der Waals surface area (Å²) in [5.74, 6) is -0.124. The van der Waals surface area contributed by atoms with E-state index >= 15 is 0 Å². The highest BCUT2D eigenvalue weighted by molar-refractivity contribution is 6.30. The number of hydrogen-bond acceptors (Lipinski definition) is 5. The van der Waals surface area contributed by atoms with E-state index in [4.69, 9.17) is 16.3 Å². The zero-order chi connectivity index (χ0) is 18.1. The van der Waals surface area contributed by atoms with Gasteiger partial charge in [0.25, 0.3) is 11.8 Å². The number of nitrogens with zero attached hydrogens (tertiary/aromatic N) is 3. The van der Waals surface area contributed by atoms with Crippen LogP contribution in [0.5, 0.6) is 5.75 Å². The summed E-state index contributed by atoms with van der Waals surface area (Å²) in [6.07, 6.45) is 1.36. The molecule has 0 aliphatic carbocycles. The van der Waals surface area contributed by atoms with Gasteiger partial charge in [-0.1, -0.05) is 17.7 Å². The van der Waals surface area contributed by atoms with Crippen molar-refractivity contribution >= 4 is 34.8 Å². The van der Waals surface area contributed by atoms with Crippen molar-refractivity contribution in [1.29, 1.82) is 0 Å². The van der Waals surface area contributed by atoms with E-state index in [1.165, 1.54) is 11.0 Å². The minimum absolute atomic E-state index is 0.0225. The maximum Gasteiger partial charge on any atom is 0.277 e. The van der Waals surface area contributed by atoms with Gasteiger partial charge >= 0.3 is 0 Å². The highest BCUT2D eigenvalue weighted by atomic mass is 35.5. The van der Waals surface area contributed by atoms with Crippen molar-refractivity contribution in [3.05, 3.63) is 59.4 Å². The van der Waals surface area contributed by atoms with Crippen molar-refractivity contribution in [3.63, 3.8) is 0 Å². The Labute approximate surface area is 152 Å². The number of fused-ring (bicyclic) bond motifs is 1. The van der Waals surface area contributed by atoms with Gasteiger partial charge in [-0.2, -0.15) is 9.90 Å². The molecule has 0 unspecified atom stereocenters. The molecule has 0 saturated heterocycles. The second-order valence-corrected chi connectivity index (χ2v) is 5.94. The third-order valence-corrected chi connectivity index (χ3v) is 3.87. The van der Waals surface area contributed by atoms with E-state index in [2.05, 4.69) is 20.8 Å². The summed E-state index contributed by atoms with van der Waals surface area (Å²) in [5, 5.41) is 14.2. The number of hydrogen-bond donors (Lipinski definition) is 2. The van der Waals surface area contributed by atoms with Crippen molar-refractivity contribution < 1.29 is 14.3 Å². The molecule has 2 aromatic carbocycles. The SMILES string of the molecule is O=C1COc2ccc(NC(=O)c3cnn(-c4cccc(Cl)c4)n3)cc2N1. The van der Waals surface area contributed by atoms with E-state index < -0.39 is 5.91 Å². The van der Waals surface area contributed by atoms with Gasteiger partial charge in [0, 0.05) is 10.7 Å². The lowest BCUT2D eigenvalue weighted by molar-refractivity contribution is -0.118. The van der Waals surface area contributed by atoms with Crippen molar-refractivity contribution in [3.8, 4) is 11.4 Å². The van der Waals surface area contributed by atoms with Crippen LogP contribution in [0.1, 0.15) is 10.5 Å². The number of ether oxygens (including phenoxy) is 1. The first-order chi connectivity index (χ1) is 12.6. The van der Waals surface area contributed by atoms with Gasteiger partial charge in [0.15, 0.2) is 12.3 Å². The van der Waals surface area contributed by atoms with Gasteiger partial charge in [0.2, 0.25) is 0 Å². The highest BCUT2D eigenvalue weighted by Crippen LogP contribution is 2.30. The Morgan fingerprint density at radius 3 is 3.00 bits per heavy atom. The Bertz CT molecular complexity index is 1020. The Morgan fingerprint density at radius 2 is 2.15 bits per heavy atom. The number of amides is 2. The zero-order valence-electron chi connectivity index (χ0n) is 13.3. The van der Waals surface area contributed by atoms with E-state index in [-0.39, 0.29) is 18.2 Å². The molecular formula is C17H12ClN5O3. The maximum atomic E-state index is 12.4. The Kier molecular flexibility index (Phi) is 4.02. The van der Waals surface area contributed by atoms with Crippen LogP contribution in [-0.2, 0) is 4.79 Å². The molecule has 3 aromatic rings. The topological polar surface area (TPSA) is 98.1 Å². The normalized spacial score (nSPS) is 12.7. The molecule has 26 heavy (non-hydrogen) atoms. The number of anilines is 2. The first-order valence-corrected chi connectivity index (χ1v) is 8.03. The molecule has 0 saturated carbocycles. The van der Waals surface area contributed by atoms with E-state index in [1.807, 2.05) is 0 Å². The van der Waals surface area contributed by atoms with Gasteiger partial charge in [-0.05, 0) is 36.4 Å². The fraction of sp³-hybridized carbons (Fsp3) is 0.0588. The number of carbonyl (C=O) groups is 2. The second-order valence-electron chi connectivity index (χ2n) is 5.50. The Balaban J connectivity index is 1.52. The number of halogens is 1. The molecule has 4 rings (SSSR count). The first-order valence-electron chi connectivity index (χ1n) is 7.65. The number of aromatic nitrogens is 3.